The van der Waals surface area contributed by atoms with Crippen LogP contribution in [-0.2, 0) is 4.74 Å². The zero-order valence-corrected chi connectivity index (χ0v) is 8.42. The maximum Gasteiger partial charge on any atom is 0.0747 e. The van der Waals surface area contributed by atoms with Crippen molar-refractivity contribution >= 4 is 0 Å². The molecule has 2 nitrogen and oxygen atoms in total. The summed E-state index contributed by atoms with van der Waals surface area (Å²) in [4.78, 5) is 0. The molecule has 1 rings (SSSR count). The van der Waals surface area contributed by atoms with E-state index in [1.54, 1.807) is 7.11 Å². The van der Waals surface area contributed by atoms with Crippen molar-refractivity contribution in [3.05, 3.63) is 0 Å². The molecule has 4 atom stereocenters. The zero-order valence-electron chi connectivity index (χ0n) is 8.42. The maximum atomic E-state index is 6.05. The van der Waals surface area contributed by atoms with Crippen molar-refractivity contribution < 1.29 is 4.74 Å². The number of ether oxygens (including phenoxy) is 1. The van der Waals surface area contributed by atoms with Gasteiger partial charge in [0.25, 0.3) is 0 Å². The molecule has 2 heteroatoms. The molecule has 0 spiro atoms. The third-order valence-electron chi connectivity index (χ3n) is 3.04. The molecule has 3 unspecified atom stereocenters. The van der Waals surface area contributed by atoms with Crippen LogP contribution in [0.15, 0.2) is 0 Å². The van der Waals surface area contributed by atoms with Crippen LogP contribution in [0.4, 0.5) is 0 Å². The van der Waals surface area contributed by atoms with Crippen molar-refractivity contribution in [2.45, 2.75) is 45.3 Å². The van der Waals surface area contributed by atoms with Gasteiger partial charge in [0.1, 0.15) is 0 Å². The highest BCUT2D eigenvalue weighted by molar-refractivity contribution is 4.83. The molecular weight excluding hydrogens is 150 g/mol. The number of hydrogen-bond acceptors (Lipinski definition) is 2. The van der Waals surface area contributed by atoms with Gasteiger partial charge >= 0.3 is 0 Å². The van der Waals surface area contributed by atoms with Gasteiger partial charge in [-0.15, -0.1) is 0 Å². The Hall–Kier alpha value is -0.0800. The van der Waals surface area contributed by atoms with Crippen LogP contribution in [0.5, 0.6) is 0 Å². The second kappa shape index (κ2) is 4.24. The van der Waals surface area contributed by atoms with Crippen molar-refractivity contribution in [3.63, 3.8) is 0 Å². The van der Waals surface area contributed by atoms with E-state index in [4.69, 9.17) is 10.5 Å². The van der Waals surface area contributed by atoms with Gasteiger partial charge in [-0.1, -0.05) is 20.3 Å². The van der Waals surface area contributed by atoms with E-state index in [0.717, 1.165) is 12.3 Å². The largest absolute Gasteiger partial charge is 0.380 e. The topological polar surface area (TPSA) is 35.2 Å². The minimum Gasteiger partial charge on any atom is -0.380 e. The Morgan fingerprint density at radius 2 is 1.92 bits per heavy atom. The van der Waals surface area contributed by atoms with Gasteiger partial charge in [0.05, 0.1) is 6.10 Å². The van der Waals surface area contributed by atoms with Crippen molar-refractivity contribution in [1.29, 1.82) is 0 Å². The summed E-state index contributed by atoms with van der Waals surface area (Å²) in [5, 5.41) is 0. The minimum absolute atomic E-state index is 0.238. The van der Waals surface area contributed by atoms with Gasteiger partial charge in [0, 0.05) is 13.2 Å². The van der Waals surface area contributed by atoms with E-state index in [-0.39, 0.29) is 12.1 Å². The molecule has 0 heterocycles. The first-order valence-corrected chi connectivity index (χ1v) is 4.93. The van der Waals surface area contributed by atoms with Crippen LogP contribution >= 0.6 is 0 Å². The average Bonchev–Trinajstić information content (AvgIpc) is 2.12. The summed E-state index contributed by atoms with van der Waals surface area (Å²) >= 11 is 0. The normalized spacial score (nSPS) is 44.0. The lowest BCUT2D eigenvalue weighted by Crippen LogP contribution is -2.39. The molecule has 0 aromatic heterocycles. The third kappa shape index (κ3) is 2.20. The van der Waals surface area contributed by atoms with Crippen LogP contribution in [0.1, 0.15) is 33.1 Å². The monoisotopic (exact) mass is 171 g/mol. The van der Waals surface area contributed by atoms with E-state index in [9.17, 15) is 0 Å². The summed E-state index contributed by atoms with van der Waals surface area (Å²) in [5.74, 6) is 1.39. The van der Waals surface area contributed by atoms with Gasteiger partial charge in [-0.25, -0.2) is 0 Å². The lowest BCUT2D eigenvalue weighted by Gasteiger charge is -2.25. The van der Waals surface area contributed by atoms with Gasteiger partial charge in [-0.2, -0.15) is 0 Å². The van der Waals surface area contributed by atoms with Crippen LogP contribution < -0.4 is 5.73 Å². The molecule has 0 aliphatic heterocycles. The molecule has 0 aromatic rings. The van der Waals surface area contributed by atoms with Crippen LogP contribution in [0.3, 0.4) is 0 Å². The summed E-state index contributed by atoms with van der Waals surface area (Å²) in [7, 11) is 1.77. The molecule has 0 bridgehead atoms. The molecule has 0 saturated heterocycles. The predicted octanol–water partition coefficient (Wildman–Crippen LogP) is 1.78. The molecule has 0 amide bonds. The van der Waals surface area contributed by atoms with Crippen LogP contribution in [0.2, 0.25) is 0 Å². The van der Waals surface area contributed by atoms with Crippen molar-refractivity contribution in [1.82, 2.24) is 0 Å². The van der Waals surface area contributed by atoms with Gasteiger partial charge in [-0.05, 0) is 24.7 Å². The number of nitrogens with two attached hydrogens (primary N) is 1. The van der Waals surface area contributed by atoms with E-state index in [1.165, 1.54) is 12.8 Å². The molecule has 1 aliphatic carbocycles. The van der Waals surface area contributed by atoms with E-state index < -0.39 is 0 Å². The first kappa shape index (κ1) is 10.0. The Morgan fingerprint density at radius 1 is 1.25 bits per heavy atom. The Bertz CT molecular complexity index is 138. The van der Waals surface area contributed by atoms with Gasteiger partial charge < -0.3 is 10.5 Å². The van der Waals surface area contributed by atoms with Crippen molar-refractivity contribution in [2.24, 2.45) is 17.6 Å². The van der Waals surface area contributed by atoms with Crippen LogP contribution in [-0.4, -0.2) is 19.3 Å². The summed E-state index contributed by atoms with van der Waals surface area (Å²) in [6.45, 7) is 4.52. The minimum atomic E-state index is 0.238. The highest BCUT2D eigenvalue weighted by atomic mass is 16.5. The fourth-order valence-electron chi connectivity index (χ4n) is 2.26. The lowest BCUT2D eigenvalue weighted by atomic mass is 9.97. The molecule has 1 aliphatic rings. The lowest BCUT2D eigenvalue weighted by molar-refractivity contribution is 0.0393. The SMILES string of the molecule is COC1C(C)CC[C@H](C)CC1N. The van der Waals surface area contributed by atoms with Crippen molar-refractivity contribution in [3.8, 4) is 0 Å². The predicted molar refractivity (Wildman–Crippen MR) is 51.0 cm³/mol. The Morgan fingerprint density at radius 3 is 2.50 bits per heavy atom. The fourth-order valence-corrected chi connectivity index (χ4v) is 2.26. The quantitative estimate of drug-likeness (QED) is 0.610. The molecule has 1 fully saturated rings. The molecule has 12 heavy (non-hydrogen) atoms. The summed E-state index contributed by atoms with van der Waals surface area (Å²) in [5.41, 5.74) is 6.05. The Labute approximate surface area is 75.5 Å². The first-order chi connectivity index (χ1) is 5.65. The van der Waals surface area contributed by atoms with Gasteiger partial charge in [0.15, 0.2) is 0 Å². The second-order valence-corrected chi connectivity index (χ2v) is 4.26. The molecule has 1 saturated carbocycles. The highest BCUT2D eigenvalue weighted by Gasteiger charge is 2.28. The van der Waals surface area contributed by atoms with E-state index >= 15 is 0 Å². The van der Waals surface area contributed by atoms with E-state index in [1.807, 2.05) is 0 Å². The number of methoxy groups -OCH3 is 1. The molecule has 72 valence electrons. The number of hydrogen-bond donors (Lipinski definition) is 1. The molecule has 2 N–H and O–H groups in total. The smallest absolute Gasteiger partial charge is 0.0747 e. The average molecular weight is 171 g/mol. The fraction of sp³-hybridized carbons (Fsp3) is 1.00. The van der Waals surface area contributed by atoms with Gasteiger partial charge in [0.2, 0.25) is 0 Å². The third-order valence-corrected chi connectivity index (χ3v) is 3.04. The Balaban J connectivity index is 2.58. The van der Waals surface area contributed by atoms with Crippen LogP contribution in [0.25, 0.3) is 0 Å². The summed E-state index contributed by atoms with van der Waals surface area (Å²) in [6, 6.07) is 0.238. The molecule has 0 radical (unpaired) electrons. The van der Waals surface area contributed by atoms with E-state index in [0.29, 0.717) is 5.92 Å². The van der Waals surface area contributed by atoms with Crippen molar-refractivity contribution in [2.75, 3.05) is 7.11 Å². The number of rotatable bonds is 1. The molecular formula is C10H21NO. The summed E-state index contributed by atoms with van der Waals surface area (Å²) in [6.07, 6.45) is 3.94. The first-order valence-electron chi connectivity index (χ1n) is 4.93. The van der Waals surface area contributed by atoms with Crippen LogP contribution in [0, 0.1) is 11.8 Å². The molecule has 0 aromatic carbocycles. The standard InChI is InChI=1S/C10H21NO/c1-7-4-5-8(2)10(12-3)9(11)6-7/h7-10H,4-6,11H2,1-3H3/t7-,8?,9?,10?/m0/s1. The highest BCUT2D eigenvalue weighted by Crippen LogP contribution is 2.27. The zero-order chi connectivity index (χ0) is 9.14. The Kier molecular flexibility index (Phi) is 3.53. The van der Waals surface area contributed by atoms with Gasteiger partial charge in [-0.3, -0.25) is 0 Å². The van der Waals surface area contributed by atoms with E-state index in [2.05, 4.69) is 13.8 Å². The maximum absolute atomic E-state index is 6.05. The second-order valence-electron chi connectivity index (χ2n) is 4.26. The summed E-state index contributed by atoms with van der Waals surface area (Å²) < 4.78 is 5.42.